The molecule has 64 valence electrons. The molecule has 0 atom stereocenters. The van der Waals surface area contributed by atoms with Gasteiger partial charge < -0.3 is 0 Å². The molecule has 0 unspecified atom stereocenters. The lowest BCUT2D eigenvalue weighted by Crippen LogP contribution is -1.99. The molecule has 0 spiro atoms. The minimum Gasteiger partial charge on any atom is -0.294 e. The van der Waals surface area contributed by atoms with Gasteiger partial charge in [-0.25, -0.2) is 0 Å². The van der Waals surface area contributed by atoms with Gasteiger partial charge >= 0.3 is 0 Å². The number of carbonyl (C=O) groups excluding carboxylic acids is 1. The van der Waals surface area contributed by atoms with Gasteiger partial charge in [0.2, 0.25) is 0 Å². The van der Waals surface area contributed by atoms with E-state index in [9.17, 15) is 4.79 Å². The normalized spacial score (nSPS) is 9.75. The summed E-state index contributed by atoms with van der Waals surface area (Å²) in [5.74, 6) is 0.648. The Kier molecular flexibility index (Phi) is 3.74. The Bertz CT molecular complexity index is 248. The summed E-state index contributed by atoms with van der Waals surface area (Å²) in [6.07, 6.45) is 4.47. The van der Waals surface area contributed by atoms with Crippen LogP contribution in [-0.2, 0) is 0 Å². The van der Waals surface area contributed by atoms with Crippen LogP contribution in [0.3, 0.4) is 0 Å². The first-order chi connectivity index (χ1) is 5.84. The fourth-order valence-corrected chi connectivity index (χ4v) is 1.03. The van der Waals surface area contributed by atoms with Gasteiger partial charge in [-0.2, -0.15) is 0 Å². The maximum Gasteiger partial charge on any atom is 0.164 e. The van der Waals surface area contributed by atoms with E-state index in [2.05, 4.69) is 4.98 Å². The van der Waals surface area contributed by atoms with Gasteiger partial charge in [0.05, 0.1) is 0 Å². The molecule has 2 nitrogen and oxygen atoms in total. The number of halogens is 1. The van der Waals surface area contributed by atoms with Crippen molar-refractivity contribution in [1.29, 1.82) is 0 Å². The van der Waals surface area contributed by atoms with Crippen LogP contribution in [0.4, 0.5) is 0 Å². The molecule has 1 rings (SSSR count). The van der Waals surface area contributed by atoms with Crippen molar-refractivity contribution in [3.05, 3.63) is 30.1 Å². The van der Waals surface area contributed by atoms with E-state index in [1.165, 1.54) is 0 Å². The number of aromatic nitrogens is 1. The largest absolute Gasteiger partial charge is 0.294 e. The van der Waals surface area contributed by atoms with Gasteiger partial charge in [-0.1, -0.05) is 0 Å². The monoisotopic (exact) mass is 183 g/mol. The molecule has 1 heterocycles. The maximum atomic E-state index is 11.3. The molecule has 0 aliphatic rings. The van der Waals surface area contributed by atoms with Crippen LogP contribution in [-0.4, -0.2) is 16.6 Å². The molecular formula is C9H10ClNO. The smallest absolute Gasteiger partial charge is 0.164 e. The third kappa shape index (κ3) is 2.62. The maximum absolute atomic E-state index is 11.3. The minimum atomic E-state index is 0.115. The highest BCUT2D eigenvalue weighted by Crippen LogP contribution is 2.03. The Morgan fingerprint density at radius 2 is 2.42 bits per heavy atom. The first kappa shape index (κ1) is 9.20. The van der Waals surface area contributed by atoms with Crippen molar-refractivity contribution < 1.29 is 4.79 Å². The van der Waals surface area contributed by atoms with E-state index in [4.69, 9.17) is 11.6 Å². The van der Waals surface area contributed by atoms with Crippen molar-refractivity contribution in [2.75, 3.05) is 5.88 Å². The number of carbonyl (C=O) groups is 1. The number of alkyl halides is 1. The first-order valence-electron chi connectivity index (χ1n) is 3.84. The van der Waals surface area contributed by atoms with E-state index in [1.807, 2.05) is 0 Å². The zero-order valence-corrected chi connectivity index (χ0v) is 7.42. The molecule has 0 saturated carbocycles. The molecule has 0 saturated heterocycles. The van der Waals surface area contributed by atoms with Crippen LogP contribution in [0.2, 0.25) is 0 Å². The van der Waals surface area contributed by atoms with E-state index in [1.54, 1.807) is 24.5 Å². The van der Waals surface area contributed by atoms with E-state index < -0.39 is 0 Å². The lowest BCUT2D eigenvalue weighted by molar-refractivity contribution is 0.0981. The quantitative estimate of drug-likeness (QED) is 0.530. The third-order valence-electron chi connectivity index (χ3n) is 1.52. The van der Waals surface area contributed by atoms with E-state index >= 15 is 0 Å². The van der Waals surface area contributed by atoms with Crippen LogP contribution < -0.4 is 0 Å². The first-order valence-corrected chi connectivity index (χ1v) is 4.37. The van der Waals surface area contributed by atoms with Gasteiger partial charge in [0.15, 0.2) is 5.78 Å². The number of hydrogen-bond donors (Lipinski definition) is 0. The highest BCUT2D eigenvalue weighted by atomic mass is 35.5. The Labute approximate surface area is 76.6 Å². The van der Waals surface area contributed by atoms with E-state index in [0.29, 0.717) is 17.9 Å². The molecule has 3 heteroatoms. The number of rotatable bonds is 4. The van der Waals surface area contributed by atoms with Crippen molar-refractivity contribution in [3.63, 3.8) is 0 Å². The summed E-state index contributed by atoms with van der Waals surface area (Å²) >= 11 is 5.47. The molecule has 12 heavy (non-hydrogen) atoms. The third-order valence-corrected chi connectivity index (χ3v) is 1.79. The second kappa shape index (κ2) is 4.88. The molecule has 1 aromatic heterocycles. The fraction of sp³-hybridized carbons (Fsp3) is 0.333. The molecule has 0 bridgehead atoms. The molecule has 0 amide bonds. The van der Waals surface area contributed by atoms with Crippen molar-refractivity contribution >= 4 is 17.4 Å². The molecule has 0 fully saturated rings. The number of ketones is 1. The second-order valence-electron chi connectivity index (χ2n) is 2.46. The van der Waals surface area contributed by atoms with Gasteiger partial charge in [0.25, 0.3) is 0 Å². The lowest BCUT2D eigenvalue weighted by atomic mass is 10.1. The van der Waals surface area contributed by atoms with Crippen LogP contribution in [0.1, 0.15) is 23.2 Å². The van der Waals surface area contributed by atoms with Crippen LogP contribution in [0.25, 0.3) is 0 Å². The number of pyridine rings is 1. The SMILES string of the molecule is O=C(CCCCl)c1cccnc1. The van der Waals surface area contributed by atoms with E-state index in [0.717, 1.165) is 6.42 Å². The number of Topliss-reactive ketones (excluding diaryl/α,β-unsaturated/α-hetero) is 1. The predicted molar refractivity (Wildman–Crippen MR) is 48.5 cm³/mol. The highest BCUT2D eigenvalue weighted by molar-refractivity contribution is 6.18. The average molecular weight is 184 g/mol. The van der Waals surface area contributed by atoms with Crippen molar-refractivity contribution in [3.8, 4) is 0 Å². The predicted octanol–water partition coefficient (Wildman–Crippen LogP) is 2.28. The van der Waals surface area contributed by atoms with Crippen LogP contribution in [0.5, 0.6) is 0 Å². The summed E-state index contributed by atoms with van der Waals surface area (Å²) in [5.41, 5.74) is 0.669. The summed E-state index contributed by atoms with van der Waals surface area (Å²) in [4.78, 5) is 15.2. The average Bonchev–Trinajstić information content (AvgIpc) is 2.15. The molecular weight excluding hydrogens is 174 g/mol. The van der Waals surface area contributed by atoms with Gasteiger partial charge in [-0.15, -0.1) is 11.6 Å². The van der Waals surface area contributed by atoms with Crippen molar-refractivity contribution in [2.45, 2.75) is 12.8 Å². The summed E-state index contributed by atoms with van der Waals surface area (Å²) in [7, 11) is 0. The Morgan fingerprint density at radius 1 is 1.58 bits per heavy atom. The second-order valence-corrected chi connectivity index (χ2v) is 2.84. The molecule has 0 aliphatic carbocycles. The molecule has 1 aromatic rings. The minimum absolute atomic E-state index is 0.115. The van der Waals surface area contributed by atoms with Crippen LogP contribution in [0.15, 0.2) is 24.5 Å². The molecule has 0 radical (unpaired) electrons. The topological polar surface area (TPSA) is 30.0 Å². The fourth-order valence-electron chi connectivity index (χ4n) is 0.899. The van der Waals surface area contributed by atoms with Gasteiger partial charge in [0, 0.05) is 30.3 Å². The molecule has 0 N–H and O–H groups in total. The van der Waals surface area contributed by atoms with Gasteiger partial charge in [0.1, 0.15) is 0 Å². The van der Waals surface area contributed by atoms with Crippen LogP contribution >= 0.6 is 11.6 Å². The summed E-state index contributed by atoms with van der Waals surface area (Å²) in [6.45, 7) is 0. The number of nitrogens with zero attached hydrogens (tertiary/aromatic N) is 1. The summed E-state index contributed by atoms with van der Waals surface area (Å²) in [6, 6.07) is 3.53. The zero-order chi connectivity index (χ0) is 8.81. The molecule has 0 aliphatic heterocycles. The van der Waals surface area contributed by atoms with Gasteiger partial charge in [-0.3, -0.25) is 9.78 Å². The summed E-state index contributed by atoms with van der Waals surface area (Å²) in [5, 5.41) is 0. The number of hydrogen-bond acceptors (Lipinski definition) is 2. The lowest BCUT2D eigenvalue weighted by Gasteiger charge is -1.96. The van der Waals surface area contributed by atoms with Crippen LogP contribution in [0, 0.1) is 0 Å². The highest BCUT2D eigenvalue weighted by Gasteiger charge is 2.03. The van der Waals surface area contributed by atoms with Crippen molar-refractivity contribution in [2.24, 2.45) is 0 Å². The molecule has 0 aromatic carbocycles. The Balaban J connectivity index is 2.54. The standard InChI is InChI=1S/C9H10ClNO/c10-5-1-4-9(12)8-3-2-6-11-7-8/h2-3,6-7H,1,4-5H2. The van der Waals surface area contributed by atoms with Crippen molar-refractivity contribution in [1.82, 2.24) is 4.98 Å². The Hall–Kier alpha value is -0.890. The van der Waals surface area contributed by atoms with E-state index in [-0.39, 0.29) is 5.78 Å². The van der Waals surface area contributed by atoms with Gasteiger partial charge in [-0.05, 0) is 18.6 Å². The Morgan fingerprint density at radius 3 is 3.00 bits per heavy atom. The summed E-state index contributed by atoms with van der Waals surface area (Å²) < 4.78 is 0. The zero-order valence-electron chi connectivity index (χ0n) is 6.66.